The van der Waals surface area contributed by atoms with Gasteiger partial charge in [-0.2, -0.15) is 8.42 Å². The van der Waals surface area contributed by atoms with Gasteiger partial charge in [-0.15, -0.1) is 0 Å². The normalized spacial score (nSPS) is 12.4. The summed E-state index contributed by atoms with van der Waals surface area (Å²) in [6.07, 6.45) is 1.85. The maximum atomic E-state index is 10.9. The third-order valence-corrected chi connectivity index (χ3v) is 3.32. The fourth-order valence-corrected chi connectivity index (χ4v) is 2.16. The van der Waals surface area contributed by atoms with Gasteiger partial charge in [-0.25, -0.2) is 0 Å². The molecule has 0 bridgehead atoms. The first kappa shape index (κ1) is 13.9. The van der Waals surface area contributed by atoms with Gasteiger partial charge in [0.25, 0.3) is 10.1 Å². The number of likely N-dealkylation sites (N-methyl/N-ethyl adjacent to an activating group) is 1. The Kier molecular flexibility index (Phi) is 4.08. The summed E-state index contributed by atoms with van der Waals surface area (Å²) in [7, 11) is 0.0409. The second kappa shape index (κ2) is 5.00. The van der Waals surface area contributed by atoms with Crippen molar-refractivity contribution in [2.75, 3.05) is 20.6 Å². The molecule has 17 heavy (non-hydrogen) atoms. The molecule has 5 heteroatoms. The zero-order chi connectivity index (χ0) is 13.1. The lowest BCUT2D eigenvalue weighted by Crippen LogP contribution is -2.38. The van der Waals surface area contributed by atoms with Gasteiger partial charge >= 0.3 is 0 Å². The lowest BCUT2D eigenvalue weighted by Gasteiger charge is -2.28. The monoisotopic (exact) mass is 256 g/mol. The van der Waals surface area contributed by atoms with Crippen LogP contribution in [-0.4, -0.2) is 38.1 Å². The number of quaternary nitrogens is 1. The highest BCUT2D eigenvalue weighted by Crippen LogP contribution is 2.13. The highest BCUT2D eigenvalue weighted by Gasteiger charge is 2.15. The van der Waals surface area contributed by atoms with E-state index in [2.05, 4.69) is 20.7 Å². The lowest BCUT2D eigenvalue weighted by molar-refractivity contribution is -0.897. The molecule has 0 saturated carbocycles. The van der Waals surface area contributed by atoms with Crippen LogP contribution in [0.15, 0.2) is 41.8 Å². The summed E-state index contributed by atoms with van der Waals surface area (Å²) in [6, 6.07) is 6.26. The quantitative estimate of drug-likeness (QED) is 0.495. The summed E-state index contributed by atoms with van der Waals surface area (Å²) in [6.45, 7) is 5.31. The van der Waals surface area contributed by atoms with Crippen molar-refractivity contribution in [3.8, 4) is 0 Å². The zero-order valence-corrected chi connectivity index (χ0v) is 10.9. The molecule has 1 rings (SSSR count). The summed E-state index contributed by atoms with van der Waals surface area (Å²) in [5, 5.41) is 0. The van der Waals surface area contributed by atoms with E-state index in [1.54, 1.807) is 12.1 Å². The van der Waals surface area contributed by atoms with Crippen molar-refractivity contribution in [1.29, 1.82) is 0 Å². The van der Waals surface area contributed by atoms with Crippen LogP contribution < -0.4 is 0 Å². The van der Waals surface area contributed by atoms with Crippen LogP contribution in [-0.2, 0) is 16.7 Å². The van der Waals surface area contributed by atoms with Gasteiger partial charge in [-0.05, 0) is 18.2 Å². The van der Waals surface area contributed by atoms with E-state index in [4.69, 9.17) is 4.55 Å². The molecule has 0 aliphatic rings. The average molecular weight is 256 g/mol. The first-order valence-corrected chi connectivity index (χ1v) is 6.68. The number of nitrogens with zero attached hydrogens (tertiary/aromatic N) is 1. The molecule has 0 fully saturated rings. The van der Waals surface area contributed by atoms with Crippen LogP contribution in [0.1, 0.15) is 5.56 Å². The second-order valence-corrected chi connectivity index (χ2v) is 6.11. The molecule has 0 spiro atoms. The van der Waals surface area contributed by atoms with Crippen molar-refractivity contribution in [3.05, 3.63) is 42.5 Å². The molecule has 0 heterocycles. The Labute approximate surface area is 103 Å². The summed E-state index contributed by atoms with van der Waals surface area (Å²) in [5.41, 5.74) is 1.02. The van der Waals surface area contributed by atoms with E-state index in [0.29, 0.717) is 0 Å². The van der Waals surface area contributed by atoms with E-state index in [-0.39, 0.29) is 4.90 Å². The van der Waals surface area contributed by atoms with Crippen molar-refractivity contribution in [2.24, 2.45) is 0 Å². The minimum atomic E-state index is -4.09. The maximum Gasteiger partial charge on any atom is 0.294 e. The van der Waals surface area contributed by atoms with Crippen LogP contribution in [0.3, 0.4) is 0 Å². The number of rotatable bonds is 5. The molecule has 0 aliphatic carbocycles. The number of hydrogen-bond acceptors (Lipinski definition) is 2. The Balaban J connectivity index is 2.86. The molecule has 0 radical (unpaired) electrons. The summed E-state index contributed by atoms with van der Waals surface area (Å²) < 4.78 is 31.3. The van der Waals surface area contributed by atoms with Crippen LogP contribution in [0.4, 0.5) is 0 Å². The fourth-order valence-electron chi connectivity index (χ4n) is 1.68. The Bertz CT molecular complexity index is 489. The van der Waals surface area contributed by atoms with Crippen molar-refractivity contribution in [2.45, 2.75) is 11.4 Å². The molecule has 1 N–H and O–H groups in total. The fraction of sp³-hybridized carbons (Fsp3) is 0.333. The smallest absolute Gasteiger partial charge is 0.294 e. The van der Waals surface area contributed by atoms with Crippen molar-refractivity contribution < 1.29 is 17.5 Å². The van der Waals surface area contributed by atoms with E-state index in [0.717, 1.165) is 23.1 Å². The Morgan fingerprint density at radius 1 is 1.29 bits per heavy atom. The van der Waals surface area contributed by atoms with E-state index in [1.165, 1.54) is 12.1 Å². The van der Waals surface area contributed by atoms with Crippen LogP contribution in [0, 0.1) is 0 Å². The Hall–Kier alpha value is -1.17. The second-order valence-electron chi connectivity index (χ2n) is 4.68. The predicted molar refractivity (Wildman–Crippen MR) is 67.1 cm³/mol. The Morgan fingerprint density at radius 2 is 1.82 bits per heavy atom. The van der Waals surface area contributed by atoms with E-state index < -0.39 is 10.1 Å². The van der Waals surface area contributed by atoms with Crippen LogP contribution >= 0.6 is 0 Å². The molecule has 0 unspecified atom stereocenters. The third kappa shape index (κ3) is 4.30. The molecular formula is C12H18NO3S+. The molecule has 0 saturated heterocycles. The Morgan fingerprint density at radius 3 is 2.24 bits per heavy atom. The van der Waals surface area contributed by atoms with E-state index >= 15 is 0 Å². The standard InChI is InChI=1S/C12H17NO3S/c1-4-9-13(2,3)10-11-5-7-12(8-6-11)17(14,15)16/h4-8H,1,9-10H2,2-3H3/p+1. The zero-order valence-electron chi connectivity index (χ0n) is 10.1. The van der Waals surface area contributed by atoms with Gasteiger partial charge in [0.15, 0.2) is 0 Å². The SMILES string of the molecule is C=CC[N+](C)(C)Cc1ccc(S(=O)(=O)O)cc1. The van der Waals surface area contributed by atoms with Gasteiger partial charge < -0.3 is 4.48 Å². The van der Waals surface area contributed by atoms with Crippen molar-refractivity contribution in [1.82, 2.24) is 0 Å². The molecule has 0 atom stereocenters. The average Bonchev–Trinajstić information content (AvgIpc) is 2.16. The minimum absolute atomic E-state index is 0.0738. The van der Waals surface area contributed by atoms with Gasteiger partial charge in [0.2, 0.25) is 0 Å². The maximum absolute atomic E-state index is 10.9. The topological polar surface area (TPSA) is 54.4 Å². The van der Waals surface area contributed by atoms with E-state index in [1.807, 2.05) is 6.08 Å². The van der Waals surface area contributed by atoms with Crippen LogP contribution in [0.25, 0.3) is 0 Å². The molecule has 1 aromatic rings. The lowest BCUT2D eigenvalue weighted by atomic mass is 10.2. The molecule has 4 nitrogen and oxygen atoms in total. The highest BCUT2D eigenvalue weighted by molar-refractivity contribution is 7.85. The molecule has 1 aromatic carbocycles. The summed E-state index contributed by atoms with van der Waals surface area (Å²) in [4.78, 5) is -0.0738. The minimum Gasteiger partial charge on any atom is -0.321 e. The first-order valence-electron chi connectivity index (χ1n) is 5.24. The van der Waals surface area contributed by atoms with E-state index in [9.17, 15) is 8.42 Å². The first-order chi connectivity index (χ1) is 7.74. The number of benzene rings is 1. The van der Waals surface area contributed by atoms with Gasteiger partial charge in [-0.1, -0.05) is 18.7 Å². The van der Waals surface area contributed by atoms with Crippen LogP contribution in [0.2, 0.25) is 0 Å². The van der Waals surface area contributed by atoms with Gasteiger partial charge in [0.05, 0.1) is 25.5 Å². The molecule has 0 amide bonds. The van der Waals surface area contributed by atoms with Gasteiger partial charge in [-0.3, -0.25) is 4.55 Å². The van der Waals surface area contributed by atoms with Crippen molar-refractivity contribution >= 4 is 10.1 Å². The summed E-state index contributed by atoms with van der Waals surface area (Å²) in [5.74, 6) is 0. The summed E-state index contributed by atoms with van der Waals surface area (Å²) >= 11 is 0. The molecule has 0 aliphatic heterocycles. The molecule has 94 valence electrons. The van der Waals surface area contributed by atoms with Gasteiger partial charge in [0.1, 0.15) is 6.54 Å². The third-order valence-electron chi connectivity index (χ3n) is 2.46. The predicted octanol–water partition coefficient (Wildman–Crippen LogP) is 1.70. The molecular weight excluding hydrogens is 238 g/mol. The molecule has 0 aromatic heterocycles. The van der Waals surface area contributed by atoms with Crippen molar-refractivity contribution in [3.63, 3.8) is 0 Å². The number of hydrogen-bond donors (Lipinski definition) is 1. The highest BCUT2D eigenvalue weighted by atomic mass is 32.2. The van der Waals surface area contributed by atoms with Crippen LogP contribution in [0.5, 0.6) is 0 Å². The van der Waals surface area contributed by atoms with Gasteiger partial charge in [0, 0.05) is 5.56 Å². The largest absolute Gasteiger partial charge is 0.321 e.